The molecule has 0 fully saturated rings. The lowest BCUT2D eigenvalue weighted by Gasteiger charge is -2.27. The average molecular weight is 620 g/mol. The molecule has 4 aromatic carbocycles. The van der Waals surface area contributed by atoms with Crippen LogP contribution in [0.25, 0.3) is 72.5 Å². The molecule has 230 valence electrons. The molecular weight excluding hydrogens is 587 g/mol. The van der Waals surface area contributed by atoms with Crippen LogP contribution in [0.5, 0.6) is 0 Å². The summed E-state index contributed by atoms with van der Waals surface area (Å²) in [6.45, 7) is 6.71. The molecule has 0 N–H and O–H groups in total. The van der Waals surface area contributed by atoms with Crippen LogP contribution in [0.1, 0.15) is 49.2 Å². The zero-order valence-electron chi connectivity index (χ0n) is 26.8. The monoisotopic (exact) mass is 619 g/mol. The lowest BCUT2D eigenvalue weighted by molar-refractivity contribution is 0.871. The Morgan fingerprint density at radius 1 is 0.771 bits per heavy atom. The van der Waals surface area contributed by atoms with Gasteiger partial charge in [0.15, 0.2) is 17.5 Å². The highest BCUT2D eigenvalue weighted by Crippen LogP contribution is 2.49. The lowest BCUT2D eigenvalue weighted by Crippen LogP contribution is -2.10. The summed E-state index contributed by atoms with van der Waals surface area (Å²) in [6, 6.07) is 34.1. The second kappa shape index (κ2) is 11.4. The van der Waals surface area contributed by atoms with Gasteiger partial charge >= 0.3 is 0 Å². The second-order valence-corrected chi connectivity index (χ2v) is 12.5. The van der Waals surface area contributed by atoms with E-state index in [0.29, 0.717) is 11.6 Å². The normalized spacial score (nSPS) is 15.7. The lowest BCUT2D eigenvalue weighted by atomic mass is 9.78. The zero-order valence-corrected chi connectivity index (χ0v) is 26.8. The van der Waals surface area contributed by atoms with E-state index in [1.54, 1.807) is 0 Å². The summed E-state index contributed by atoms with van der Waals surface area (Å²) in [6.07, 6.45) is 13.5. The van der Waals surface area contributed by atoms with E-state index >= 15 is 0 Å². The van der Waals surface area contributed by atoms with Crippen molar-refractivity contribution in [3.05, 3.63) is 151 Å². The first-order chi connectivity index (χ1) is 23.7. The predicted octanol–water partition coefficient (Wildman–Crippen LogP) is 10.6. The van der Waals surface area contributed by atoms with Crippen LogP contribution in [-0.2, 0) is 0 Å². The fourth-order valence-electron chi connectivity index (χ4n) is 7.37. The fraction of sp³-hybridized carbons (Fsp3) is 0.116. The Bertz CT molecular complexity index is 2520. The molecule has 5 nitrogen and oxygen atoms in total. The summed E-state index contributed by atoms with van der Waals surface area (Å²) in [4.78, 5) is 20.4. The molecule has 0 amide bonds. The Hall–Kier alpha value is -5.94. The van der Waals surface area contributed by atoms with Gasteiger partial charge in [0, 0.05) is 33.4 Å². The summed E-state index contributed by atoms with van der Waals surface area (Å²) in [7, 11) is 0. The minimum Gasteiger partial charge on any atom is -0.291 e. The van der Waals surface area contributed by atoms with Crippen LogP contribution in [0.3, 0.4) is 0 Å². The predicted molar refractivity (Wildman–Crippen MR) is 197 cm³/mol. The van der Waals surface area contributed by atoms with Gasteiger partial charge in [-0.2, -0.15) is 0 Å². The van der Waals surface area contributed by atoms with Crippen molar-refractivity contribution in [1.29, 1.82) is 0 Å². The van der Waals surface area contributed by atoms with E-state index in [0.717, 1.165) is 86.1 Å². The van der Waals surface area contributed by atoms with E-state index in [1.807, 2.05) is 18.2 Å². The third-order valence-corrected chi connectivity index (χ3v) is 9.72. The van der Waals surface area contributed by atoms with Gasteiger partial charge in [0.25, 0.3) is 0 Å². The van der Waals surface area contributed by atoms with Crippen molar-refractivity contribution < 1.29 is 0 Å². The first-order valence-corrected chi connectivity index (χ1v) is 16.6. The van der Waals surface area contributed by atoms with Crippen LogP contribution in [0.15, 0.2) is 134 Å². The zero-order chi connectivity index (χ0) is 32.2. The third-order valence-electron chi connectivity index (χ3n) is 9.72. The minimum atomic E-state index is 0.186. The number of fused-ring (bicyclic) bond motifs is 10. The summed E-state index contributed by atoms with van der Waals surface area (Å²) < 4.78 is 2.35. The molecule has 0 aliphatic heterocycles. The Labute approximate surface area is 279 Å². The Kier molecular flexibility index (Phi) is 6.71. The van der Waals surface area contributed by atoms with Gasteiger partial charge in [-0.05, 0) is 66.5 Å². The molecule has 5 heteroatoms. The molecule has 3 aromatic heterocycles. The quantitative estimate of drug-likeness (QED) is 0.142. The number of benzene rings is 4. The van der Waals surface area contributed by atoms with E-state index in [1.165, 1.54) is 11.1 Å². The van der Waals surface area contributed by atoms with E-state index in [-0.39, 0.29) is 5.92 Å². The Morgan fingerprint density at radius 3 is 2.33 bits per heavy atom. The number of rotatable bonds is 5. The number of aromatic nitrogens is 5. The number of pyridine rings is 1. The van der Waals surface area contributed by atoms with Crippen LogP contribution in [-0.4, -0.2) is 24.3 Å². The van der Waals surface area contributed by atoms with E-state index in [9.17, 15) is 0 Å². The SMILES string of the molecule is C=C1c2nc3c4ccccc4c4cc(-c5nc(C6=CC=CCC6)nc(-c6ccccc6)n5)ccc4n3c2-c2ccccc2C1C/C=C\C. The van der Waals surface area contributed by atoms with Crippen LogP contribution in [0.4, 0.5) is 0 Å². The third kappa shape index (κ3) is 4.46. The highest BCUT2D eigenvalue weighted by molar-refractivity contribution is 6.14. The van der Waals surface area contributed by atoms with Gasteiger partial charge in [-0.25, -0.2) is 19.9 Å². The standard InChI is InChI=1S/C43H33N5/c1-3-4-19-31-27(2)38-39(34-22-13-11-20-32(31)34)48-37-25-24-30(26-36(37)33-21-12-14-23-35(33)43(48)44-38)42-46-40(28-15-7-5-8-16-28)45-41(47-42)29-17-9-6-10-18-29/h3-9,11-17,20-26,31H,2,10,18-19H2,1H3/b4-3-. The van der Waals surface area contributed by atoms with Gasteiger partial charge < -0.3 is 0 Å². The second-order valence-electron chi connectivity index (χ2n) is 12.5. The molecule has 2 aliphatic rings. The highest BCUT2D eigenvalue weighted by Gasteiger charge is 2.32. The van der Waals surface area contributed by atoms with Gasteiger partial charge in [0.1, 0.15) is 5.65 Å². The van der Waals surface area contributed by atoms with Gasteiger partial charge in [-0.1, -0.05) is 116 Å². The van der Waals surface area contributed by atoms with Gasteiger partial charge in [0.2, 0.25) is 0 Å². The molecule has 7 aromatic rings. The van der Waals surface area contributed by atoms with Crippen molar-refractivity contribution >= 4 is 38.5 Å². The molecule has 9 rings (SSSR count). The smallest absolute Gasteiger partial charge is 0.164 e. The molecule has 1 unspecified atom stereocenters. The maximum absolute atomic E-state index is 5.35. The Balaban J connectivity index is 1.31. The molecule has 0 saturated heterocycles. The minimum absolute atomic E-state index is 0.186. The van der Waals surface area contributed by atoms with Crippen LogP contribution >= 0.6 is 0 Å². The van der Waals surface area contributed by atoms with Crippen molar-refractivity contribution in [3.8, 4) is 34.0 Å². The number of allylic oxidation sites excluding steroid dienone is 7. The van der Waals surface area contributed by atoms with E-state index in [4.69, 9.17) is 19.9 Å². The number of imidazole rings is 1. The average Bonchev–Trinajstić information content (AvgIpc) is 3.57. The maximum atomic E-state index is 5.35. The largest absolute Gasteiger partial charge is 0.291 e. The molecule has 2 aliphatic carbocycles. The summed E-state index contributed by atoms with van der Waals surface area (Å²) in [5.74, 6) is 2.26. The topological polar surface area (TPSA) is 56.0 Å². The first-order valence-electron chi connectivity index (χ1n) is 16.6. The van der Waals surface area contributed by atoms with Gasteiger partial charge in [0.05, 0.1) is 16.9 Å². The molecule has 0 bridgehead atoms. The fourth-order valence-corrected chi connectivity index (χ4v) is 7.37. The van der Waals surface area contributed by atoms with Crippen LogP contribution in [0, 0.1) is 0 Å². The van der Waals surface area contributed by atoms with Gasteiger partial charge in [-0.3, -0.25) is 4.40 Å². The number of hydrogen-bond acceptors (Lipinski definition) is 4. The maximum Gasteiger partial charge on any atom is 0.164 e. The first kappa shape index (κ1) is 28.3. The molecule has 1 atom stereocenters. The molecule has 48 heavy (non-hydrogen) atoms. The summed E-state index contributed by atoms with van der Waals surface area (Å²) >= 11 is 0. The van der Waals surface area contributed by atoms with Gasteiger partial charge in [-0.15, -0.1) is 0 Å². The van der Waals surface area contributed by atoms with Crippen LogP contribution in [0.2, 0.25) is 0 Å². The van der Waals surface area contributed by atoms with Crippen molar-refractivity contribution in [3.63, 3.8) is 0 Å². The Morgan fingerprint density at radius 2 is 1.52 bits per heavy atom. The molecular formula is C43H33N5. The van der Waals surface area contributed by atoms with Crippen molar-refractivity contribution in [2.75, 3.05) is 0 Å². The number of nitrogens with zero attached hydrogens (tertiary/aromatic N) is 5. The van der Waals surface area contributed by atoms with E-state index < -0.39 is 0 Å². The highest BCUT2D eigenvalue weighted by atomic mass is 15.0. The van der Waals surface area contributed by atoms with Crippen LogP contribution < -0.4 is 0 Å². The van der Waals surface area contributed by atoms with Crippen molar-refractivity contribution in [2.45, 2.75) is 32.1 Å². The molecule has 0 saturated carbocycles. The number of hydrogen-bond donors (Lipinski definition) is 0. The summed E-state index contributed by atoms with van der Waals surface area (Å²) in [5, 5.41) is 3.37. The van der Waals surface area contributed by atoms with Crippen molar-refractivity contribution in [1.82, 2.24) is 24.3 Å². The van der Waals surface area contributed by atoms with E-state index in [2.05, 4.69) is 127 Å². The summed E-state index contributed by atoms with van der Waals surface area (Å²) in [5.41, 5.74) is 10.8. The molecule has 0 radical (unpaired) electrons. The molecule has 0 spiro atoms. The molecule has 3 heterocycles. The van der Waals surface area contributed by atoms with Crippen molar-refractivity contribution in [2.24, 2.45) is 0 Å².